The second kappa shape index (κ2) is 5.44. The van der Waals surface area contributed by atoms with Crippen LogP contribution in [0.15, 0.2) is 30.3 Å². The highest BCUT2D eigenvalue weighted by Gasteiger charge is 2.48. The van der Waals surface area contributed by atoms with E-state index in [2.05, 4.69) is 0 Å². The molecule has 0 aromatic heterocycles. The summed E-state index contributed by atoms with van der Waals surface area (Å²) in [6.07, 6.45) is 0.0279. The van der Waals surface area contributed by atoms with Gasteiger partial charge in [-0.15, -0.1) is 9.65 Å². The molecule has 2 aliphatic rings. The predicted molar refractivity (Wildman–Crippen MR) is 79.0 cm³/mol. The van der Waals surface area contributed by atoms with Crippen molar-refractivity contribution in [3.8, 4) is 0 Å². The van der Waals surface area contributed by atoms with E-state index in [1.165, 1.54) is 0 Å². The number of hydrogen-bond acceptors (Lipinski definition) is 3. The highest BCUT2D eigenvalue weighted by atomic mass is 32.8. The van der Waals surface area contributed by atoms with Gasteiger partial charge in [0, 0.05) is 17.3 Å². The second-order valence-electron chi connectivity index (χ2n) is 5.36. The van der Waals surface area contributed by atoms with E-state index in [1.54, 1.807) is 0 Å². The van der Waals surface area contributed by atoms with E-state index in [-0.39, 0.29) is 12.2 Å². The van der Waals surface area contributed by atoms with Gasteiger partial charge in [0.1, 0.15) is 0 Å². The summed E-state index contributed by atoms with van der Waals surface area (Å²) in [7, 11) is -2.12. The highest BCUT2D eigenvalue weighted by molar-refractivity contribution is 8.76. The Bertz CT molecular complexity index is 495. The van der Waals surface area contributed by atoms with E-state index in [4.69, 9.17) is 9.47 Å². The van der Waals surface area contributed by atoms with Crippen molar-refractivity contribution in [1.29, 1.82) is 0 Å². The van der Waals surface area contributed by atoms with Gasteiger partial charge < -0.3 is 19.3 Å². The zero-order chi connectivity index (χ0) is 14.2. The van der Waals surface area contributed by atoms with Gasteiger partial charge in [0.25, 0.3) is 0 Å². The molecule has 2 N–H and O–H groups in total. The summed E-state index contributed by atoms with van der Waals surface area (Å²) in [4.78, 5) is 20.0. The fourth-order valence-electron chi connectivity index (χ4n) is 2.37. The minimum absolute atomic E-state index is 0.0140. The molecule has 1 aromatic rings. The van der Waals surface area contributed by atoms with Gasteiger partial charge >= 0.3 is 6.80 Å². The minimum Gasteiger partial charge on any atom is -0.372 e. The summed E-state index contributed by atoms with van der Waals surface area (Å²) >= 11 is 0. The zero-order valence-electron chi connectivity index (χ0n) is 11.1. The molecule has 0 saturated carbocycles. The number of benzene rings is 1. The molecule has 2 saturated heterocycles. The monoisotopic (exact) mass is 318 g/mol. The smallest absolute Gasteiger partial charge is 0.367 e. The SMILES string of the molecule is O=P(O)(O)S(Cc1ccccc1)(CC1CO1)CC1CO1. The Labute approximate surface area is 119 Å². The second-order valence-corrected chi connectivity index (χ2v) is 13.1. The van der Waals surface area contributed by atoms with E-state index in [0.717, 1.165) is 5.56 Å². The fraction of sp³-hybridized carbons (Fsp3) is 0.538. The first-order valence-electron chi connectivity index (χ1n) is 6.58. The highest BCUT2D eigenvalue weighted by Crippen LogP contribution is 2.79. The minimum atomic E-state index is -4.18. The first-order chi connectivity index (χ1) is 9.48. The maximum atomic E-state index is 12.2. The third-order valence-electron chi connectivity index (χ3n) is 3.58. The molecule has 2 aliphatic heterocycles. The largest absolute Gasteiger partial charge is 0.372 e. The van der Waals surface area contributed by atoms with Crippen LogP contribution in [0, 0.1) is 0 Å². The summed E-state index contributed by atoms with van der Waals surface area (Å²) in [6.45, 7) is -2.94. The lowest BCUT2D eigenvalue weighted by atomic mass is 10.2. The van der Waals surface area contributed by atoms with Crippen molar-refractivity contribution in [2.75, 3.05) is 24.7 Å². The number of ether oxygens (including phenoxy) is 2. The molecule has 7 heteroatoms. The van der Waals surface area contributed by atoms with E-state index < -0.39 is 16.4 Å². The van der Waals surface area contributed by atoms with Gasteiger partial charge in [-0.2, -0.15) is 0 Å². The van der Waals surface area contributed by atoms with Gasteiger partial charge in [-0.1, -0.05) is 30.3 Å². The van der Waals surface area contributed by atoms with Gasteiger partial charge in [-0.3, -0.25) is 0 Å². The average molecular weight is 318 g/mol. The van der Waals surface area contributed by atoms with Crippen LogP contribution in [0.3, 0.4) is 0 Å². The number of epoxide rings is 2. The van der Waals surface area contributed by atoms with Crippen molar-refractivity contribution in [1.82, 2.24) is 0 Å². The summed E-state index contributed by atoms with van der Waals surface area (Å²) in [5, 5.41) is 0. The van der Waals surface area contributed by atoms with E-state index >= 15 is 0 Å². The van der Waals surface area contributed by atoms with E-state index in [9.17, 15) is 14.4 Å². The van der Waals surface area contributed by atoms with Crippen molar-refractivity contribution in [3.05, 3.63) is 35.9 Å². The molecule has 2 heterocycles. The van der Waals surface area contributed by atoms with Crippen LogP contribution in [-0.4, -0.2) is 46.7 Å². The molecule has 2 fully saturated rings. The first kappa shape index (κ1) is 14.6. The summed E-state index contributed by atoms with van der Waals surface area (Å²) in [5.74, 6) is 1.40. The van der Waals surface area contributed by atoms with Crippen molar-refractivity contribution in [2.45, 2.75) is 18.0 Å². The van der Waals surface area contributed by atoms with Gasteiger partial charge in [-0.25, -0.2) is 4.57 Å². The summed E-state index contributed by atoms with van der Waals surface area (Å²) in [6, 6.07) is 9.57. The molecule has 0 bridgehead atoms. The molecule has 3 rings (SSSR count). The van der Waals surface area contributed by atoms with Crippen molar-refractivity contribution in [3.63, 3.8) is 0 Å². The van der Waals surface area contributed by atoms with Crippen molar-refractivity contribution < 1.29 is 23.8 Å². The lowest BCUT2D eigenvalue weighted by Gasteiger charge is -2.39. The van der Waals surface area contributed by atoms with E-state index in [1.807, 2.05) is 30.3 Å². The quantitative estimate of drug-likeness (QED) is 0.592. The van der Waals surface area contributed by atoms with Crippen molar-refractivity contribution in [2.24, 2.45) is 0 Å². The molecule has 0 radical (unpaired) electrons. The first-order valence-corrected chi connectivity index (χ1v) is 10.9. The maximum absolute atomic E-state index is 12.2. The molecule has 2 atom stereocenters. The summed E-state index contributed by atoms with van der Waals surface area (Å²) < 4.78 is 22.7. The molecule has 5 nitrogen and oxygen atoms in total. The zero-order valence-corrected chi connectivity index (χ0v) is 12.8. The Morgan fingerprint density at radius 1 is 1.10 bits per heavy atom. The lowest BCUT2D eigenvalue weighted by Crippen LogP contribution is -2.19. The van der Waals surface area contributed by atoms with E-state index in [0.29, 0.717) is 30.5 Å². The fourth-order valence-corrected chi connectivity index (χ4v) is 8.99. The van der Waals surface area contributed by atoms with Gasteiger partial charge in [0.2, 0.25) is 0 Å². The Hall–Kier alpha value is -0.360. The van der Waals surface area contributed by atoms with Gasteiger partial charge in [-0.05, 0) is 5.56 Å². The van der Waals surface area contributed by atoms with Gasteiger partial charge in [0.05, 0.1) is 25.4 Å². The van der Waals surface area contributed by atoms with Crippen LogP contribution in [0.4, 0.5) is 0 Å². The van der Waals surface area contributed by atoms with Crippen LogP contribution in [0.5, 0.6) is 0 Å². The Balaban J connectivity index is 1.88. The molecule has 0 spiro atoms. The third-order valence-corrected chi connectivity index (χ3v) is 11.8. The molecule has 112 valence electrons. The normalized spacial score (nSPS) is 29.5. The molecule has 0 aliphatic carbocycles. The van der Waals surface area contributed by atoms with Crippen LogP contribution in [-0.2, 0) is 19.8 Å². The predicted octanol–water partition coefficient (Wildman–Crippen LogP) is 1.88. The Kier molecular flexibility index (Phi) is 3.97. The topological polar surface area (TPSA) is 82.6 Å². The van der Waals surface area contributed by atoms with Gasteiger partial charge in [0.15, 0.2) is 0 Å². The molecular formula is C13H19O5PS. The Morgan fingerprint density at radius 3 is 2.00 bits per heavy atom. The third kappa shape index (κ3) is 3.45. The number of rotatable bonds is 7. The lowest BCUT2D eigenvalue weighted by molar-refractivity contribution is 0.392. The number of hydrogen-bond donors (Lipinski definition) is 2. The van der Waals surface area contributed by atoms with Crippen LogP contribution >= 0.6 is 16.4 Å². The average Bonchev–Trinajstić information content (AvgIpc) is 3.25. The van der Waals surface area contributed by atoms with Crippen LogP contribution in [0.2, 0.25) is 0 Å². The molecule has 2 unspecified atom stereocenters. The molecule has 20 heavy (non-hydrogen) atoms. The molecule has 0 amide bonds. The van der Waals surface area contributed by atoms with Crippen LogP contribution in [0.1, 0.15) is 5.56 Å². The van der Waals surface area contributed by atoms with Crippen LogP contribution in [0.25, 0.3) is 0 Å². The summed E-state index contributed by atoms with van der Waals surface area (Å²) in [5.41, 5.74) is 0.979. The maximum Gasteiger partial charge on any atom is 0.367 e. The Morgan fingerprint density at radius 2 is 1.60 bits per heavy atom. The van der Waals surface area contributed by atoms with Crippen molar-refractivity contribution >= 4 is 16.4 Å². The molecule has 1 aromatic carbocycles. The van der Waals surface area contributed by atoms with Crippen LogP contribution < -0.4 is 0 Å². The molecular weight excluding hydrogens is 299 g/mol. The standard InChI is InChI=1S/C13H19O5PS/c14-19(15,16)20(9-12-6-17-12,10-13-7-18-13)8-11-4-2-1-3-5-11/h1-5,12-13H,6-10H2,(H2,14,15,16).